The Kier molecular flexibility index (Phi) is 3.11. The summed E-state index contributed by atoms with van der Waals surface area (Å²) in [5.41, 5.74) is 4.49. The summed E-state index contributed by atoms with van der Waals surface area (Å²) in [5.74, 6) is 0. The highest BCUT2D eigenvalue weighted by atomic mass is 16.1. The summed E-state index contributed by atoms with van der Waals surface area (Å²) in [5, 5.41) is 16.3. The van der Waals surface area contributed by atoms with Gasteiger partial charge in [0.15, 0.2) is 6.29 Å². The van der Waals surface area contributed by atoms with Crippen molar-refractivity contribution < 1.29 is 4.79 Å². The minimum atomic E-state index is 0.465. The third-order valence-corrected chi connectivity index (χ3v) is 4.13. The molecule has 0 radical (unpaired) electrons. The van der Waals surface area contributed by atoms with Crippen molar-refractivity contribution in [1.82, 2.24) is 39.6 Å². The number of hydrogen-bond donors (Lipinski definition) is 1. The number of fused-ring (bicyclic) bond motifs is 2. The highest BCUT2D eigenvalue weighted by molar-refractivity contribution is 5.90. The number of hydrogen-bond acceptors (Lipinski definition) is 6. The van der Waals surface area contributed by atoms with Crippen molar-refractivity contribution >= 4 is 22.8 Å². The zero-order valence-corrected chi connectivity index (χ0v) is 13.4. The largest absolute Gasteiger partial charge is 0.306 e. The highest BCUT2D eigenvalue weighted by Gasteiger charge is 2.12. The molecule has 5 rings (SSSR count). The van der Waals surface area contributed by atoms with Gasteiger partial charge in [-0.1, -0.05) is 5.21 Å². The number of nitrogens with one attached hydrogen (secondary N) is 1. The Morgan fingerprint density at radius 2 is 2.12 bits per heavy atom. The van der Waals surface area contributed by atoms with Crippen LogP contribution in [-0.2, 0) is 6.54 Å². The monoisotopic (exact) mass is 344 g/mol. The second kappa shape index (κ2) is 5.59. The summed E-state index contributed by atoms with van der Waals surface area (Å²) in [4.78, 5) is 19.8. The maximum absolute atomic E-state index is 10.9. The lowest BCUT2D eigenvalue weighted by Crippen LogP contribution is -2.00. The van der Waals surface area contributed by atoms with Crippen LogP contribution in [0.4, 0.5) is 0 Å². The van der Waals surface area contributed by atoms with E-state index in [-0.39, 0.29) is 0 Å². The first-order chi connectivity index (χ1) is 12.8. The van der Waals surface area contributed by atoms with E-state index in [1.54, 1.807) is 29.3 Å². The second-order valence-electron chi connectivity index (χ2n) is 5.87. The molecule has 9 nitrogen and oxygen atoms in total. The molecule has 0 saturated heterocycles. The fourth-order valence-corrected chi connectivity index (χ4v) is 2.93. The summed E-state index contributed by atoms with van der Waals surface area (Å²) in [6, 6.07) is 5.41. The Labute approximate surface area is 146 Å². The fourth-order valence-electron chi connectivity index (χ4n) is 2.93. The lowest BCUT2D eigenvalue weighted by molar-refractivity contribution is 0.112. The van der Waals surface area contributed by atoms with E-state index in [0.29, 0.717) is 17.8 Å². The Morgan fingerprint density at radius 1 is 1.15 bits per heavy atom. The third-order valence-electron chi connectivity index (χ3n) is 4.13. The predicted octanol–water partition coefficient (Wildman–Crippen LogP) is 1.72. The number of carbonyl (C=O) groups excluding carboxylic acids is 1. The average molecular weight is 344 g/mol. The van der Waals surface area contributed by atoms with Crippen LogP contribution in [0.2, 0.25) is 0 Å². The maximum Gasteiger partial charge on any atom is 0.151 e. The number of carbonyl (C=O) groups is 1. The molecule has 0 aliphatic carbocycles. The second-order valence-corrected chi connectivity index (χ2v) is 5.87. The number of aromatic nitrogens is 8. The van der Waals surface area contributed by atoms with Gasteiger partial charge in [-0.2, -0.15) is 5.10 Å². The number of nitrogens with zero attached hydrogens (tertiary/aromatic N) is 7. The zero-order chi connectivity index (χ0) is 17.5. The van der Waals surface area contributed by atoms with Gasteiger partial charge in [-0.3, -0.25) is 14.9 Å². The van der Waals surface area contributed by atoms with Crippen LogP contribution >= 0.6 is 0 Å². The number of H-pyrrole nitrogens is 1. The Balaban J connectivity index is 1.47. The van der Waals surface area contributed by atoms with E-state index in [4.69, 9.17) is 0 Å². The standard InChI is InChI=1S/C17H12N8O/c26-10-11-1-2-16-20-12(7-24(16)6-11)8-25-9-15(22-23-25)17-13-5-19-21-14(13)3-4-18-17/h1-7,9-10H,8H2,(H,19,21). The van der Waals surface area contributed by atoms with Crippen molar-refractivity contribution in [3.8, 4) is 11.4 Å². The topological polar surface area (TPSA) is 107 Å². The van der Waals surface area contributed by atoms with Crippen molar-refractivity contribution in [2.45, 2.75) is 6.54 Å². The maximum atomic E-state index is 10.9. The Bertz CT molecular complexity index is 1250. The van der Waals surface area contributed by atoms with E-state index in [1.807, 2.05) is 28.9 Å². The molecule has 9 heteroatoms. The van der Waals surface area contributed by atoms with Crippen molar-refractivity contribution in [2.24, 2.45) is 0 Å². The highest BCUT2D eigenvalue weighted by Crippen LogP contribution is 2.23. The average Bonchev–Trinajstić information content (AvgIpc) is 3.39. The molecule has 5 aromatic heterocycles. The lowest BCUT2D eigenvalue weighted by Gasteiger charge is -1.96. The van der Waals surface area contributed by atoms with E-state index in [2.05, 4.69) is 30.5 Å². The molecule has 1 N–H and O–H groups in total. The number of rotatable bonds is 4. The van der Waals surface area contributed by atoms with Gasteiger partial charge in [0.05, 0.1) is 30.1 Å². The molecule has 0 bridgehead atoms. The van der Waals surface area contributed by atoms with Gasteiger partial charge in [-0.25, -0.2) is 9.67 Å². The van der Waals surface area contributed by atoms with Crippen molar-refractivity contribution in [2.75, 3.05) is 0 Å². The molecular weight excluding hydrogens is 332 g/mol. The van der Waals surface area contributed by atoms with Crippen LogP contribution in [0.25, 0.3) is 27.9 Å². The number of aromatic amines is 1. The molecule has 5 aromatic rings. The summed E-state index contributed by atoms with van der Waals surface area (Å²) >= 11 is 0. The minimum Gasteiger partial charge on any atom is -0.306 e. The number of pyridine rings is 2. The molecule has 0 unspecified atom stereocenters. The van der Waals surface area contributed by atoms with Gasteiger partial charge in [-0.15, -0.1) is 5.10 Å². The molecule has 0 atom stereocenters. The fraction of sp³-hybridized carbons (Fsp3) is 0.0588. The molecule has 0 fully saturated rings. The molecule has 0 aliphatic rings. The van der Waals surface area contributed by atoms with Gasteiger partial charge < -0.3 is 4.40 Å². The quantitative estimate of drug-likeness (QED) is 0.498. The molecule has 126 valence electrons. The normalized spacial score (nSPS) is 11.4. The molecule has 0 aromatic carbocycles. The van der Waals surface area contributed by atoms with Gasteiger partial charge in [0.2, 0.25) is 0 Å². The molecule has 0 saturated carbocycles. The Hall–Kier alpha value is -3.88. The Morgan fingerprint density at radius 3 is 3.04 bits per heavy atom. The van der Waals surface area contributed by atoms with E-state index >= 15 is 0 Å². The van der Waals surface area contributed by atoms with Crippen molar-refractivity contribution in [3.63, 3.8) is 0 Å². The first kappa shape index (κ1) is 14.5. The number of aldehydes is 1. The lowest BCUT2D eigenvalue weighted by atomic mass is 10.2. The summed E-state index contributed by atoms with van der Waals surface area (Å²) in [6.45, 7) is 0.465. The van der Waals surface area contributed by atoms with Crippen LogP contribution in [0.3, 0.4) is 0 Å². The molecule has 0 aliphatic heterocycles. The third kappa shape index (κ3) is 2.34. The molecule has 5 heterocycles. The minimum absolute atomic E-state index is 0.465. The van der Waals surface area contributed by atoms with Gasteiger partial charge in [0.1, 0.15) is 17.0 Å². The summed E-state index contributed by atoms with van der Waals surface area (Å²) in [6.07, 6.45) is 9.70. The van der Waals surface area contributed by atoms with Crippen LogP contribution in [0.1, 0.15) is 16.1 Å². The predicted molar refractivity (Wildman–Crippen MR) is 92.6 cm³/mol. The van der Waals surface area contributed by atoms with E-state index in [0.717, 1.165) is 34.2 Å². The molecule has 0 amide bonds. The first-order valence-corrected chi connectivity index (χ1v) is 7.91. The van der Waals surface area contributed by atoms with Crippen LogP contribution < -0.4 is 0 Å². The molecular formula is C17H12N8O. The van der Waals surface area contributed by atoms with Crippen molar-refractivity contribution in [3.05, 3.63) is 60.4 Å². The van der Waals surface area contributed by atoms with Crippen LogP contribution in [0.15, 0.2) is 49.2 Å². The summed E-state index contributed by atoms with van der Waals surface area (Å²) < 4.78 is 3.53. The first-order valence-electron chi connectivity index (χ1n) is 7.91. The van der Waals surface area contributed by atoms with Gasteiger partial charge >= 0.3 is 0 Å². The number of imidazole rings is 1. The molecule has 26 heavy (non-hydrogen) atoms. The van der Waals surface area contributed by atoms with Crippen molar-refractivity contribution in [1.29, 1.82) is 0 Å². The van der Waals surface area contributed by atoms with Gasteiger partial charge in [0, 0.05) is 29.5 Å². The summed E-state index contributed by atoms with van der Waals surface area (Å²) in [7, 11) is 0. The van der Waals surface area contributed by atoms with E-state index < -0.39 is 0 Å². The van der Waals surface area contributed by atoms with E-state index in [9.17, 15) is 4.79 Å². The van der Waals surface area contributed by atoms with Gasteiger partial charge in [0.25, 0.3) is 0 Å². The van der Waals surface area contributed by atoms with E-state index in [1.165, 1.54) is 0 Å². The van der Waals surface area contributed by atoms with Crippen LogP contribution in [-0.4, -0.2) is 45.8 Å². The zero-order valence-electron chi connectivity index (χ0n) is 13.4. The van der Waals surface area contributed by atoms with Gasteiger partial charge in [-0.05, 0) is 18.2 Å². The van der Waals surface area contributed by atoms with Crippen LogP contribution in [0.5, 0.6) is 0 Å². The van der Waals surface area contributed by atoms with Crippen LogP contribution in [0, 0.1) is 0 Å². The smallest absolute Gasteiger partial charge is 0.151 e. The molecule has 0 spiro atoms. The SMILES string of the molecule is O=Cc1ccc2nc(Cn3cc(-c4nccc5[nH]ncc45)nn3)cn2c1.